The highest BCUT2D eigenvalue weighted by atomic mass is 35.5. The van der Waals surface area contributed by atoms with Crippen molar-refractivity contribution in [3.63, 3.8) is 0 Å². The Labute approximate surface area is 147 Å². The van der Waals surface area contributed by atoms with E-state index in [9.17, 15) is 8.78 Å². The smallest absolute Gasteiger partial charge is 0.162 e. The minimum Gasteiger partial charge on any atom is -0.384 e. The van der Waals surface area contributed by atoms with Crippen molar-refractivity contribution in [2.75, 3.05) is 12.3 Å². The molecule has 0 aliphatic carbocycles. The van der Waals surface area contributed by atoms with Gasteiger partial charge in [0.15, 0.2) is 11.6 Å². The lowest BCUT2D eigenvalue weighted by atomic mass is 10.0. The van der Waals surface area contributed by atoms with E-state index in [-0.39, 0.29) is 24.8 Å². The second-order valence-corrected chi connectivity index (χ2v) is 5.15. The van der Waals surface area contributed by atoms with Crippen molar-refractivity contribution in [1.82, 2.24) is 4.98 Å². The van der Waals surface area contributed by atoms with E-state index in [1.165, 1.54) is 6.07 Å². The first-order valence-corrected chi connectivity index (χ1v) is 6.89. The Morgan fingerprint density at radius 3 is 2.30 bits per heavy atom. The van der Waals surface area contributed by atoms with Crippen molar-refractivity contribution in [2.24, 2.45) is 5.73 Å². The van der Waals surface area contributed by atoms with Gasteiger partial charge in [0.2, 0.25) is 0 Å². The fourth-order valence-electron chi connectivity index (χ4n) is 2.36. The Hall–Kier alpha value is -1.43. The SMILES string of the molecule is Cc1cc(N)nc(CCc2cc(CCN)cc(F)c2F)c1.Cl.Cl. The summed E-state index contributed by atoms with van der Waals surface area (Å²) in [4.78, 5) is 4.20. The van der Waals surface area contributed by atoms with Gasteiger partial charge in [0.1, 0.15) is 5.82 Å². The van der Waals surface area contributed by atoms with Crippen LogP contribution in [0, 0.1) is 18.6 Å². The third-order valence-corrected chi connectivity index (χ3v) is 3.29. The van der Waals surface area contributed by atoms with E-state index in [2.05, 4.69) is 4.98 Å². The fourth-order valence-corrected chi connectivity index (χ4v) is 2.36. The summed E-state index contributed by atoms with van der Waals surface area (Å²) in [6, 6.07) is 6.54. The zero-order valence-corrected chi connectivity index (χ0v) is 14.4. The standard InChI is InChI=1S/C16H19F2N3.2ClH/c1-10-6-13(21-15(20)7-10)3-2-12-8-11(4-5-19)9-14(17)16(12)18;;/h6-9H,2-5,19H2,1H3,(H2,20,21);2*1H. The monoisotopic (exact) mass is 363 g/mol. The molecule has 128 valence electrons. The lowest BCUT2D eigenvalue weighted by Crippen LogP contribution is -2.06. The molecule has 3 nitrogen and oxygen atoms in total. The highest BCUT2D eigenvalue weighted by Crippen LogP contribution is 2.18. The van der Waals surface area contributed by atoms with Crippen LogP contribution in [0.4, 0.5) is 14.6 Å². The first kappa shape index (κ1) is 21.6. The van der Waals surface area contributed by atoms with Gasteiger partial charge >= 0.3 is 0 Å². The average molecular weight is 364 g/mol. The molecule has 0 fully saturated rings. The quantitative estimate of drug-likeness (QED) is 0.855. The second-order valence-electron chi connectivity index (χ2n) is 5.15. The number of aryl methyl sites for hydroxylation is 3. The molecule has 2 aromatic rings. The van der Waals surface area contributed by atoms with Gasteiger partial charge in [0, 0.05) is 5.69 Å². The molecule has 7 heteroatoms. The molecule has 1 aromatic heterocycles. The van der Waals surface area contributed by atoms with E-state index in [1.807, 2.05) is 13.0 Å². The van der Waals surface area contributed by atoms with E-state index >= 15 is 0 Å². The summed E-state index contributed by atoms with van der Waals surface area (Å²) in [5, 5.41) is 0. The number of pyridine rings is 1. The minimum atomic E-state index is -0.826. The van der Waals surface area contributed by atoms with Crippen molar-refractivity contribution in [2.45, 2.75) is 26.2 Å². The van der Waals surface area contributed by atoms with E-state index in [1.54, 1.807) is 12.1 Å². The molecule has 23 heavy (non-hydrogen) atoms. The predicted molar refractivity (Wildman–Crippen MR) is 94.4 cm³/mol. The van der Waals surface area contributed by atoms with Crippen LogP contribution >= 0.6 is 24.8 Å². The van der Waals surface area contributed by atoms with Crippen molar-refractivity contribution in [1.29, 1.82) is 0 Å². The lowest BCUT2D eigenvalue weighted by molar-refractivity contribution is 0.496. The molecule has 2 rings (SSSR count). The lowest BCUT2D eigenvalue weighted by Gasteiger charge is -2.08. The van der Waals surface area contributed by atoms with Crippen molar-refractivity contribution in [3.8, 4) is 0 Å². The molecule has 0 saturated carbocycles. The van der Waals surface area contributed by atoms with Crippen LogP contribution in [0.1, 0.15) is 22.4 Å². The van der Waals surface area contributed by atoms with Gasteiger partial charge in [-0.05, 0) is 67.6 Å². The minimum absolute atomic E-state index is 0. The summed E-state index contributed by atoms with van der Waals surface area (Å²) in [5.74, 6) is -1.18. The van der Waals surface area contributed by atoms with Crippen LogP contribution in [-0.4, -0.2) is 11.5 Å². The molecule has 0 unspecified atom stereocenters. The average Bonchev–Trinajstić information content (AvgIpc) is 2.40. The Morgan fingerprint density at radius 1 is 1.00 bits per heavy atom. The maximum atomic E-state index is 13.8. The number of nitrogen functional groups attached to an aromatic ring is 1. The van der Waals surface area contributed by atoms with Gasteiger partial charge in [-0.25, -0.2) is 13.8 Å². The van der Waals surface area contributed by atoms with Crippen molar-refractivity contribution < 1.29 is 8.78 Å². The summed E-state index contributed by atoms with van der Waals surface area (Å²) >= 11 is 0. The van der Waals surface area contributed by atoms with E-state index < -0.39 is 11.6 Å². The Bertz CT molecular complexity index is 631. The molecule has 1 aromatic carbocycles. The Kier molecular flexibility index (Phi) is 9.05. The van der Waals surface area contributed by atoms with Crippen molar-refractivity contribution >= 4 is 30.6 Å². The first-order chi connectivity index (χ1) is 9.99. The summed E-state index contributed by atoms with van der Waals surface area (Å²) in [5.41, 5.74) is 14.0. The molecule has 0 aliphatic rings. The van der Waals surface area contributed by atoms with Crippen LogP contribution in [-0.2, 0) is 19.3 Å². The number of anilines is 1. The van der Waals surface area contributed by atoms with Gasteiger partial charge < -0.3 is 11.5 Å². The molecular weight excluding hydrogens is 343 g/mol. The summed E-state index contributed by atoms with van der Waals surface area (Å²) in [6.45, 7) is 2.32. The van der Waals surface area contributed by atoms with Crippen LogP contribution in [0.2, 0.25) is 0 Å². The second kappa shape index (κ2) is 9.65. The van der Waals surface area contributed by atoms with Gasteiger partial charge in [0.25, 0.3) is 0 Å². The maximum Gasteiger partial charge on any atom is 0.162 e. The molecule has 0 atom stereocenters. The number of hydrogen-bond acceptors (Lipinski definition) is 3. The topological polar surface area (TPSA) is 64.9 Å². The number of nitrogens with two attached hydrogens (primary N) is 2. The number of rotatable bonds is 5. The summed E-state index contributed by atoms with van der Waals surface area (Å²) < 4.78 is 27.4. The summed E-state index contributed by atoms with van der Waals surface area (Å²) in [6.07, 6.45) is 1.41. The summed E-state index contributed by atoms with van der Waals surface area (Å²) in [7, 11) is 0. The highest BCUT2D eigenvalue weighted by Gasteiger charge is 2.11. The Balaban J connectivity index is 0.00000242. The largest absolute Gasteiger partial charge is 0.384 e. The third-order valence-electron chi connectivity index (χ3n) is 3.29. The molecule has 4 N–H and O–H groups in total. The molecule has 0 spiro atoms. The van der Waals surface area contributed by atoms with Gasteiger partial charge in [-0.2, -0.15) is 0 Å². The Morgan fingerprint density at radius 2 is 1.70 bits per heavy atom. The van der Waals surface area contributed by atoms with Crippen LogP contribution in [0.3, 0.4) is 0 Å². The molecular formula is C16H21Cl2F2N3. The number of benzene rings is 1. The fraction of sp³-hybridized carbons (Fsp3) is 0.312. The number of nitrogens with zero attached hydrogens (tertiary/aromatic N) is 1. The highest BCUT2D eigenvalue weighted by molar-refractivity contribution is 5.85. The van der Waals surface area contributed by atoms with E-state index in [0.29, 0.717) is 42.8 Å². The van der Waals surface area contributed by atoms with Crippen LogP contribution in [0.25, 0.3) is 0 Å². The van der Waals surface area contributed by atoms with Crippen LogP contribution in [0.15, 0.2) is 24.3 Å². The molecule has 0 bridgehead atoms. The van der Waals surface area contributed by atoms with Crippen LogP contribution in [0.5, 0.6) is 0 Å². The molecule has 0 saturated heterocycles. The predicted octanol–water partition coefficient (Wildman–Crippen LogP) is 3.38. The molecule has 0 amide bonds. The van der Waals surface area contributed by atoms with E-state index in [4.69, 9.17) is 11.5 Å². The molecule has 0 aliphatic heterocycles. The van der Waals surface area contributed by atoms with E-state index in [0.717, 1.165) is 11.3 Å². The van der Waals surface area contributed by atoms with Gasteiger partial charge in [0.05, 0.1) is 0 Å². The first-order valence-electron chi connectivity index (χ1n) is 6.89. The number of halogens is 4. The number of hydrogen-bond donors (Lipinski definition) is 2. The van der Waals surface area contributed by atoms with Gasteiger partial charge in [-0.3, -0.25) is 0 Å². The molecule has 1 heterocycles. The van der Waals surface area contributed by atoms with Gasteiger partial charge in [-0.1, -0.05) is 6.07 Å². The van der Waals surface area contributed by atoms with Crippen LogP contribution < -0.4 is 11.5 Å². The molecule has 0 radical (unpaired) electrons. The third kappa shape index (κ3) is 5.94. The zero-order valence-electron chi connectivity index (χ0n) is 12.8. The maximum absolute atomic E-state index is 13.8. The normalized spacial score (nSPS) is 9.91. The zero-order chi connectivity index (χ0) is 15.4. The van der Waals surface area contributed by atoms with Crippen molar-refractivity contribution in [3.05, 3.63) is 58.3 Å². The number of aromatic nitrogens is 1. The van der Waals surface area contributed by atoms with Gasteiger partial charge in [-0.15, -0.1) is 24.8 Å².